The van der Waals surface area contributed by atoms with Gasteiger partial charge < -0.3 is 15.8 Å². The fourth-order valence-electron chi connectivity index (χ4n) is 1.56. The van der Waals surface area contributed by atoms with E-state index in [9.17, 15) is 0 Å². The van der Waals surface area contributed by atoms with E-state index in [1.54, 1.807) is 13.2 Å². The molecular formula is C13H11BrN4O. The van der Waals surface area contributed by atoms with Crippen LogP contribution in [-0.4, -0.2) is 12.1 Å². The predicted molar refractivity (Wildman–Crippen MR) is 77.3 cm³/mol. The first-order chi connectivity index (χ1) is 9.13. The van der Waals surface area contributed by atoms with E-state index in [1.807, 2.05) is 24.3 Å². The number of nitriles is 1. The molecule has 0 atom stereocenters. The lowest BCUT2D eigenvalue weighted by molar-refractivity contribution is 0.415. The number of ether oxygens (including phenoxy) is 1. The monoisotopic (exact) mass is 318 g/mol. The summed E-state index contributed by atoms with van der Waals surface area (Å²) in [7, 11) is 1.59. The van der Waals surface area contributed by atoms with Gasteiger partial charge in [0.1, 0.15) is 11.8 Å². The summed E-state index contributed by atoms with van der Waals surface area (Å²) in [5.74, 6) is 1.14. The number of rotatable bonds is 3. The minimum absolute atomic E-state index is 0.323. The zero-order valence-electron chi connectivity index (χ0n) is 10.1. The van der Waals surface area contributed by atoms with Crippen LogP contribution < -0.4 is 15.8 Å². The van der Waals surface area contributed by atoms with Crippen molar-refractivity contribution in [2.24, 2.45) is 0 Å². The van der Waals surface area contributed by atoms with Crippen LogP contribution >= 0.6 is 15.9 Å². The summed E-state index contributed by atoms with van der Waals surface area (Å²) in [5.41, 5.74) is 7.34. The minimum atomic E-state index is 0.323. The van der Waals surface area contributed by atoms with Crippen molar-refractivity contribution in [3.8, 4) is 11.8 Å². The summed E-state index contributed by atoms with van der Waals surface area (Å²) in [5, 5.41) is 12.0. The van der Waals surface area contributed by atoms with Crippen molar-refractivity contribution in [3.63, 3.8) is 0 Å². The van der Waals surface area contributed by atoms with E-state index in [2.05, 4.69) is 26.2 Å². The van der Waals surface area contributed by atoms with E-state index < -0.39 is 0 Å². The lowest BCUT2D eigenvalue weighted by Crippen LogP contribution is -2.01. The smallest absolute Gasteiger partial charge is 0.154 e. The molecule has 19 heavy (non-hydrogen) atoms. The molecule has 0 unspecified atom stereocenters. The van der Waals surface area contributed by atoms with Crippen molar-refractivity contribution < 1.29 is 4.74 Å². The van der Waals surface area contributed by atoms with E-state index in [0.29, 0.717) is 22.8 Å². The average Bonchev–Trinajstić information content (AvgIpc) is 2.40. The van der Waals surface area contributed by atoms with Gasteiger partial charge in [-0.05, 0) is 18.2 Å². The van der Waals surface area contributed by atoms with E-state index in [0.717, 1.165) is 10.2 Å². The molecule has 0 saturated carbocycles. The molecule has 0 spiro atoms. The van der Waals surface area contributed by atoms with Gasteiger partial charge in [-0.3, -0.25) is 0 Å². The van der Waals surface area contributed by atoms with Crippen LogP contribution in [0.2, 0.25) is 0 Å². The number of nitrogen functional groups attached to an aromatic ring is 1. The van der Waals surface area contributed by atoms with Gasteiger partial charge in [-0.15, -0.1) is 0 Å². The van der Waals surface area contributed by atoms with E-state index >= 15 is 0 Å². The number of halogens is 1. The normalized spacial score (nSPS) is 9.74. The Labute approximate surface area is 119 Å². The molecule has 1 heterocycles. The molecule has 1 aromatic carbocycles. The van der Waals surface area contributed by atoms with Crippen LogP contribution in [0.15, 0.2) is 34.9 Å². The van der Waals surface area contributed by atoms with Gasteiger partial charge in [0.2, 0.25) is 0 Å². The number of nitrogens with one attached hydrogen (secondary N) is 1. The summed E-state index contributed by atoms with van der Waals surface area (Å²) in [6, 6.07) is 9.10. The molecule has 96 valence electrons. The Morgan fingerprint density at radius 2 is 2.21 bits per heavy atom. The zero-order valence-corrected chi connectivity index (χ0v) is 11.7. The molecular weight excluding hydrogens is 308 g/mol. The summed E-state index contributed by atoms with van der Waals surface area (Å²) < 4.78 is 6.04. The Kier molecular flexibility index (Phi) is 3.88. The Hall–Kier alpha value is -2.26. The van der Waals surface area contributed by atoms with Crippen molar-refractivity contribution in [2.45, 2.75) is 0 Å². The van der Waals surface area contributed by atoms with E-state index in [4.69, 9.17) is 15.7 Å². The first-order valence-corrected chi connectivity index (χ1v) is 6.19. The van der Waals surface area contributed by atoms with Crippen LogP contribution in [0.5, 0.6) is 5.75 Å². The van der Waals surface area contributed by atoms with Crippen molar-refractivity contribution >= 4 is 33.1 Å². The standard InChI is InChI=1S/C13H11BrN4O/c1-19-11-5-9(14)4-10(6-11)18-13-12(16)8(7-15)2-3-17-13/h2-6H,16H2,1H3,(H,17,18). The van der Waals surface area contributed by atoms with Gasteiger partial charge in [-0.25, -0.2) is 4.98 Å². The molecule has 0 aliphatic heterocycles. The van der Waals surface area contributed by atoms with Gasteiger partial charge in [0, 0.05) is 22.4 Å². The van der Waals surface area contributed by atoms with Gasteiger partial charge in [-0.1, -0.05) is 15.9 Å². The maximum atomic E-state index is 8.92. The summed E-state index contributed by atoms with van der Waals surface area (Å²) in [4.78, 5) is 4.12. The number of nitrogens with two attached hydrogens (primary N) is 1. The van der Waals surface area contributed by atoms with E-state index in [1.165, 1.54) is 6.20 Å². The summed E-state index contributed by atoms with van der Waals surface area (Å²) in [6.07, 6.45) is 1.53. The lowest BCUT2D eigenvalue weighted by atomic mass is 10.2. The summed E-state index contributed by atoms with van der Waals surface area (Å²) in [6.45, 7) is 0. The fraction of sp³-hybridized carbons (Fsp3) is 0.0769. The largest absolute Gasteiger partial charge is 0.497 e. The Morgan fingerprint density at radius 1 is 1.42 bits per heavy atom. The van der Waals surface area contributed by atoms with Crippen LogP contribution in [0.1, 0.15) is 5.56 Å². The number of hydrogen-bond acceptors (Lipinski definition) is 5. The SMILES string of the molecule is COc1cc(Br)cc(Nc2nccc(C#N)c2N)c1. The topological polar surface area (TPSA) is 84.0 Å². The molecule has 0 aliphatic carbocycles. The maximum Gasteiger partial charge on any atom is 0.154 e. The zero-order chi connectivity index (χ0) is 13.8. The van der Waals surface area contributed by atoms with Gasteiger partial charge in [0.05, 0.1) is 18.4 Å². The molecule has 2 rings (SSSR count). The molecule has 0 radical (unpaired) electrons. The summed E-state index contributed by atoms with van der Waals surface area (Å²) >= 11 is 3.39. The third kappa shape index (κ3) is 2.95. The Bertz CT molecular complexity index is 652. The van der Waals surface area contributed by atoms with Gasteiger partial charge in [0.25, 0.3) is 0 Å². The molecule has 0 fully saturated rings. The van der Waals surface area contributed by atoms with E-state index in [-0.39, 0.29) is 0 Å². The second-order valence-electron chi connectivity index (χ2n) is 3.74. The molecule has 3 N–H and O–H groups in total. The molecule has 1 aromatic heterocycles. The van der Waals surface area contributed by atoms with Gasteiger partial charge in [-0.2, -0.15) is 5.26 Å². The minimum Gasteiger partial charge on any atom is -0.497 e. The number of benzene rings is 1. The molecule has 0 amide bonds. The highest BCUT2D eigenvalue weighted by molar-refractivity contribution is 9.10. The maximum absolute atomic E-state index is 8.92. The van der Waals surface area contributed by atoms with Crippen molar-refractivity contribution in [2.75, 3.05) is 18.2 Å². The van der Waals surface area contributed by atoms with Crippen molar-refractivity contribution in [1.82, 2.24) is 4.98 Å². The number of methoxy groups -OCH3 is 1. The number of anilines is 3. The second kappa shape index (κ2) is 5.59. The van der Waals surface area contributed by atoms with Gasteiger partial charge in [0.15, 0.2) is 5.82 Å². The molecule has 0 aliphatic rings. The lowest BCUT2D eigenvalue weighted by Gasteiger charge is -2.10. The van der Waals surface area contributed by atoms with Crippen LogP contribution in [0.4, 0.5) is 17.2 Å². The third-order valence-electron chi connectivity index (χ3n) is 2.48. The van der Waals surface area contributed by atoms with Crippen LogP contribution in [0, 0.1) is 11.3 Å². The highest BCUT2D eigenvalue weighted by Gasteiger charge is 2.07. The molecule has 6 heteroatoms. The number of hydrogen-bond donors (Lipinski definition) is 2. The number of nitrogens with zero attached hydrogens (tertiary/aromatic N) is 2. The fourth-order valence-corrected chi connectivity index (χ4v) is 2.03. The molecule has 5 nitrogen and oxygen atoms in total. The van der Waals surface area contributed by atoms with Crippen LogP contribution in [0.3, 0.4) is 0 Å². The highest BCUT2D eigenvalue weighted by Crippen LogP contribution is 2.28. The van der Waals surface area contributed by atoms with Crippen LogP contribution in [-0.2, 0) is 0 Å². The Balaban J connectivity index is 2.37. The quantitative estimate of drug-likeness (QED) is 0.908. The number of pyridine rings is 1. The van der Waals surface area contributed by atoms with Gasteiger partial charge >= 0.3 is 0 Å². The number of aromatic nitrogens is 1. The average molecular weight is 319 g/mol. The first kappa shape index (κ1) is 13.2. The first-order valence-electron chi connectivity index (χ1n) is 5.40. The second-order valence-corrected chi connectivity index (χ2v) is 4.65. The van der Waals surface area contributed by atoms with Crippen molar-refractivity contribution in [1.29, 1.82) is 5.26 Å². The highest BCUT2D eigenvalue weighted by atomic mass is 79.9. The third-order valence-corrected chi connectivity index (χ3v) is 2.94. The molecule has 2 aromatic rings. The molecule has 0 bridgehead atoms. The molecule has 0 saturated heterocycles. The van der Waals surface area contributed by atoms with Crippen molar-refractivity contribution in [3.05, 3.63) is 40.5 Å². The predicted octanol–water partition coefficient (Wildman–Crippen LogP) is 3.05. The Morgan fingerprint density at radius 3 is 2.89 bits per heavy atom. The van der Waals surface area contributed by atoms with Crippen LogP contribution in [0.25, 0.3) is 0 Å².